The molecule has 2 atom stereocenters. The van der Waals surface area contributed by atoms with Crippen molar-refractivity contribution in [2.45, 2.75) is 51.4 Å². The molecule has 0 bridgehead atoms. The van der Waals surface area contributed by atoms with E-state index in [4.69, 9.17) is 21.1 Å². The first-order chi connectivity index (χ1) is 18.6. The van der Waals surface area contributed by atoms with Gasteiger partial charge < -0.3 is 24.6 Å². The number of hydrogen-bond donors (Lipinski definition) is 2. The van der Waals surface area contributed by atoms with Crippen LogP contribution < -0.4 is 9.47 Å². The third-order valence-electron chi connectivity index (χ3n) is 7.67. The number of aromatic nitrogens is 1. The third kappa shape index (κ3) is 6.30. The van der Waals surface area contributed by atoms with Gasteiger partial charge in [0.15, 0.2) is 0 Å². The highest BCUT2D eigenvalue weighted by atomic mass is 35.5. The van der Waals surface area contributed by atoms with Crippen LogP contribution in [0.4, 0.5) is 0 Å². The van der Waals surface area contributed by atoms with Crippen molar-refractivity contribution in [3.8, 4) is 11.5 Å². The van der Waals surface area contributed by atoms with E-state index in [-0.39, 0.29) is 12.5 Å². The van der Waals surface area contributed by atoms with E-state index >= 15 is 0 Å². The molecule has 39 heavy (non-hydrogen) atoms. The Morgan fingerprint density at radius 3 is 2.72 bits per heavy atom. The van der Waals surface area contributed by atoms with E-state index in [0.29, 0.717) is 23.8 Å². The smallest absolute Gasteiger partial charge is 0.131 e. The molecule has 0 saturated carbocycles. The minimum Gasteiger partial charge on any atom is -0.491 e. The standard InChI is InChI=1S/C32H37ClN2O4/c1-22-19-35(17-14-32(22,37)23-8-10-24(33)11-9-23)16-5-7-26-27-6-4-15-34-29(27)20-38-30-13-12-25(18-28(26)30)39-21-31(2,3)36/h4,6-13,15,18,22,36-37H,5,14,16-17,19-21H2,1-3H3/b26-7+. The van der Waals surface area contributed by atoms with Gasteiger partial charge in [0, 0.05) is 47.9 Å². The summed E-state index contributed by atoms with van der Waals surface area (Å²) in [6, 6.07) is 17.4. The van der Waals surface area contributed by atoms with E-state index in [9.17, 15) is 10.2 Å². The zero-order valence-corrected chi connectivity index (χ0v) is 23.6. The van der Waals surface area contributed by atoms with Crippen molar-refractivity contribution in [3.05, 3.63) is 94.3 Å². The summed E-state index contributed by atoms with van der Waals surface area (Å²) in [7, 11) is 0. The van der Waals surface area contributed by atoms with Crippen LogP contribution in [0.25, 0.3) is 5.57 Å². The van der Waals surface area contributed by atoms with Gasteiger partial charge in [-0.3, -0.25) is 4.98 Å². The summed E-state index contributed by atoms with van der Waals surface area (Å²) in [5.74, 6) is 1.56. The number of halogens is 1. The predicted octanol–water partition coefficient (Wildman–Crippen LogP) is 5.83. The molecule has 0 spiro atoms. The summed E-state index contributed by atoms with van der Waals surface area (Å²) in [4.78, 5) is 7.01. The molecule has 1 aromatic heterocycles. The lowest BCUT2D eigenvalue weighted by atomic mass is 9.77. The Morgan fingerprint density at radius 2 is 1.97 bits per heavy atom. The highest BCUT2D eigenvalue weighted by Crippen LogP contribution is 2.40. The van der Waals surface area contributed by atoms with Crippen molar-refractivity contribution in [1.82, 2.24) is 9.88 Å². The Hall–Kier alpha value is -2.90. The minimum absolute atomic E-state index is 0.0903. The van der Waals surface area contributed by atoms with Crippen LogP contribution in [0.5, 0.6) is 11.5 Å². The molecule has 0 amide bonds. The topological polar surface area (TPSA) is 75.1 Å². The molecule has 2 aliphatic heterocycles. The number of pyridine rings is 1. The van der Waals surface area contributed by atoms with Crippen molar-refractivity contribution < 1.29 is 19.7 Å². The summed E-state index contributed by atoms with van der Waals surface area (Å²) < 4.78 is 12.0. The van der Waals surface area contributed by atoms with Crippen molar-refractivity contribution in [2.75, 3.05) is 26.2 Å². The first-order valence-corrected chi connectivity index (χ1v) is 14.0. The Morgan fingerprint density at radius 1 is 1.18 bits per heavy atom. The third-order valence-corrected chi connectivity index (χ3v) is 7.92. The molecule has 2 unspecified atom stereocenters. The fourth-order valence-electron chi connectivity index (χ4n) is 5.47. The molecule has 3 heterocycles. The first-order valence-electron chi connectivity index (χ1n) is 13.6. The van der Waals surface area contributed by atoms with Gasteiger partial charge in [-0.05, 0) is 74.2 Å². The molecule has 6 nitrogen and oxygen atoms in total. The van der Waals surface area contributed by atoms with E-state index < -0.39 is 11.2 Å². The highest BCUT2D eigenvalue weighted by molar-refractivity contribution is 6.30. The molecule has 3 aromatic rings. The summed E-state index contributed by atoms with van der Waals surface area (Å²) in [6.07, 6.45) is 5.57. The lowest BCUT2D eigenvalue weighted by molar-refractivity contribution is -0.0706. The summed E-state index contributed by atoms with van der Waals surface area (Å²) in [5.41, 5.74) is 3.15. The average molecular weight is 549 g/mol. The summed E-state index contributed by atoms with van der Waals surface area (Å²) in [6.45, 7) is 8.68. The predicted molar refractivity (Wildman–Crippen MR) is 154 cm³/mol. The molecular formula is C32H37ClN2O4. The molecule has 1 saturated heterocycles. The maximum absolute atomic E-state index is 11.5. The van der Waals surface area contributed by atoms with Gasteiger partial charge in [-0.15, -0.1) is 0 Å². The van der Waals surface area contributed by atoms with Gasteiger partial charge >= 0.3 is 0 Å². The molecular weight excluding hydrogens is 512 g/mol. The summed E-state index contributed by atoms with van der Waals surface area (Å²) in [5, 5.41) is 22.3. The quantitative estimate of drug-likeness (QED) is 0.387. The van der Waals surface area contributed by atoms with E-state index in [2.05, 4.69) is 29.0 Å². The second kappa shape index (κ2) is 11.3. The molecule has 206 valence electrons. The van der Waals surface area contributed by atoms with Gasteiger partial charge in [-0.25, -0.2) is 0 Å². The monoisotopic (exact) mass is 548 g/mol. The lowest BCUT2D eigenvalue weighted by Crippen LogP contribution is -2.49. The van der Waals surface area contributed by atoms with Crippen molar-refractivity contribution in [1.29, 1.82) is 0 Å². The Labute approximate surface area is 235 Å². The first kappa shape index (κ1) is 27.7. The molecule has 7 heteroatoms. The Kier molecular flexibility index (Phi) is 8.01. The SMILES string of the molecule is CC1CN(CC/C=C2/c3cc(OCC(C)(C)O)ccc3OCc3ncccc32)CCC1(O)c1ccc(Cl)cc1. The number of fused-ring (bicyclic) bond motifs is 2. The lowest BCUT2D eigenvalue weighted by Gasteiger charge is -2.43. The van der Waals surface area contributed by atoms with Gasteiger partial charge in [0.2, 0.25) is 0 Å². The molecule has 0 aliphatic carbocycles. The van der Waals surface area contributed by atoms with Gasteiger partial charge in [0.05, 0.1) is 16.9 Å². The van der Waals surface area contributed by atoms with Crippen molar-refractivity contribution >= 4 is 17.2 Å². The molecule has 5 rings (SSSR count). The van der Waals surface area contributed by atoms with Crippen LogP contribution in [-0.2, 0) is 12.2 Å². The van der Waals surface area contributed by atoms with Crippen LogP contribution in [0, 0.1) is 5.92 Å². The fraction of sp³-hybridized carbons (Fsp3) is 0.406. The maximum Gasteiger partial charge on any atom is 0.131 e. The average Bonchev–Trinajstić information content (AvgIpc) is 3.06. The number of hydrogen-bond acceptors (Lipinski definition) is 6. The van der Waals surface area contributed by atoms with Crippen LogP contribution in [0.15, 0.2) is 66.9 Å². The van der Waals surface area contributed by atoms with E-state index in [1.807, 2.05) is 48.5 Å². The van der Waals surface area contributed by atoms with Crippen LogP contribution >= 0.6 is 11.6 Å². The number of piperidine rings is 1. The number of benzene rings is 2. The van der Waals surface area contributed by atoms with Crippen molar-refractivity contribution in [3.63, 3.8) is 0 Å². The molecule has 1 fully saturated rings. The second-order valence-electron chi connectivity index (χ2n) is 11.3. The normalized spacial score (nSPS) is 22.5. The van der Waals surface area contributed by atoms with Crippen LogP contribution in [0.2, 0.25) is 5.02 Å². The van der Waals surface area contributed by atoms with Gasteiger partial charge in [0.1, 0.15) is 24.7 Å². The highest BCUT2D eigenvalue weighted by Gasteiger charge is 2.40. The van der Waals surface area contributed by atoms with E-state index in [0.717, 1.165) is 59.8 Å². The molecule has 2 N–H and O–H groups in total. The van der Waals surface area contributed by atoms with Crippen molar-refractivity contribution in [2.24, 2.45) is 5.92 Å². The van der Waals surface area contributed by atoms with Gasteiger partial charge in [-0.2, -0.15) is 0 Å². The number of rotatable bonds is 7. The Bertz CT molecular complexity index is 1330. The summed E-state index contributed by atoms with van der Waals surface area (Å²) >= 11 is 6.07. The number of nitrogens with zero attached hydrogens (tertiary/aromatic N) is 2. The molecule has 2 aromatic carbocycles. The van der Waals surface area contributed by atoms with Crippen LogP contribution in [0.1, 0.15) is 56.0 Å². The second-order valence-corrected chi connectivity index (χ2v) is 11.8. The molecule has 0 radical (unpaired) electrons. The number of likely N-dealkylation sites (tertiary alicyclic amines) is 1. The zero-order chi connectivity index (χ0) is 27.6. The van der Waals surface area contributed by atoms with E-state index in [1.54, 1.807) is 20.0 Å². The largest absolute Gasteiger partial charge is 0.491 e. The van der Waals surface area contributed by atoms with Crippen LogP contribution in [0.3, 0.4) is 0 Å². The number of ether oxygens (including phenoxy) is 2. The van der Waals surface area contributed by atoms with Gasteiger partial charge in [-0.1, -0.05) is 42.8 Å². The van der Waals surface area contributed by atoms with Gasteiger partial charge in [0.25, 0.3) is 0 Å². The fourth-order valence-corrected chi connectivity index (χ4v) is 5.60. The van der Waals surface area contributed by atoms with Crippen LogP contribution in [-0.4, -0.2) is 51.9 Å². The van der Waals surface area contributed by atoms with E-state index in [1.165, 1.54) is 0 Å². The molecule has 2 aliphatic rings. The Balaban J connectivity index is 1.34. The number of aliphatic hydroxyl groups is 2. The minimum atomic E-state index is -0.927. The zero-order valence-electron chi connectivity index (χ0n) is 22.9. The maximum atomic E-state index is 11.5.